The second kappa shape index (κ2) is 6.90. The van der Waals surface area contributed by atoms with Crippen molar-refractivity contribution in [2.45, 2.75) is 23.8 Å². The van der Waals surface area contributed by atoms with E-state index in [4.69, 9.17) is 0 Å². The molecule has 0 aliphatic carbocycles. The Kier molecular flexibility index (Phi) is 4.57. The molecule has 0 radical (unpaired) electrons. The van der Waals surface area contributed by atoms with Crippen LogP contribution in [0.1, 0.15) is 12.8 Å². The number of phenolic OH excluding ortho intramolecular Hbond substituents is 1. The van der Waals surface area contributed by atoms with Crippen LogP contribution in [-0.2, 0) is 10.0 Å². The molecule has 6 nitrogen and oxygen atoms in total. The van der Waals surface area contributed by atoms with E-state index in [0.717, 1.165) is 42.5 Å². The van der Waals surface area contributed by atoms with Gasteiger partial charge in [-0.05, 0) is 60.7 Å². The van der Waals surface area contributed by atoms with E-state index < -0.39 is 10.0 Å². The van der Waals surface area contributed by atoms with Gasteiger partial charge < -0.3 is 15.0 Å². The number of aromatic amines is 1. The van der Waals surface area contributed by atoms with E-state index in [2.05, 4.69) is 9.88 Å². The Labute approximate surface area is 159 Å². The van der Waals surface area contributed by atoms with Crippen molar-refractivity contribution < 1.29 is 13.5 Å². The van der Waals surface area contributed by atoms with Gasteiger partial charge in [0.05, 0.1) is 4.90 Å². The number of aromatic nitrogens is 1. The fourth-order valence-electron chi connectivity index (χ4n) is 3.70. The molecule has 142 valence electrons. The summed E-state index contributed by atoms with van der Waals surface area (Å²) in [6.07, 6.45) is 3.34. The lowest BCUT2D eigenvalue weighted by molar-refractivity contribution is 0.312. The molecular weight excluding hydrogens is 362 g/mol. The predicted octanol–water partition coefficient (Wildman–Crippen LogP) is 3.16. The van der Waals surface area contributed by atoms with E-state index in [0.29, 0.717) is 4.90 Å². The summed E-state index contributed by atoms with van der Waals surface area (Å²) in [6, 6.07) is 14.2. The monoisotopic (exact) mass is 385 g/mol. The van der Waals surface area contributed by atoms with E-state index in [1.165, 1.54) is 4.31 Å². The highest BCUT2D eigenvalue weighted by atomic mass is 32.2. The molecule has 0 spiro atoms. The number of nitrogens with zero attached hydrogens (tertiary/aromatic N) is 2. The van der Waals surface area contributed by atoms with Crippen LogP contribution in [0.15, 0.2) is 59.6 Å². The van der Waals surface area contributed by atoms with Crippen molar-refractivity contribution in [3.05, 3.63) is 54.7 Å². The number of phenols is 1. The third-order valence-corrected chi connectivity index (χ3v) is 7.30. The van der Waals surface area contributed by atoms with Crippen LogP contribution in [0.4, 0.5) is 5.69 Å². The molecule has 1 aliphatic heterocycles. The first kappa shape index (κ1) is 17.9. The van der Waals surface area contributed by atoms with Gasteiger partial charge in [0.1, 0.15) is 5.75 Å². The molecule has 0 unspecified atom stereocenters. The van der Waals surface area contributed by atoms with E-state index in [1.807, 2.05) is 30.5 Å². The molecule has 2 N–H and O–H groups in total. The molecule has 1 fully saturated rings. The van der Waals surface area contributed by atoms with Gasteiger partial charge in [0, 0.05) is 43.6 Å². The summed E-state index contributed by atoms with van der Waals surface area (Å²) in [5.74, 6) is 0.249. The van der Waals surface area contributed by atoms with Crippen LogP contribution in [0, 0.1) is 0 Å². The van der Waals surface area contributed by atoms with Crippen LogP contribution in [0.2, 0.25) is 0 Å². The molecule has 0 saturated carbocycles. The molecule has 2 heterocycles. The molecule has 2 aromatic carbocycles. The summed E-state index contributed by atoms with van der Waals surface area (Å²) in [7, 11) is -1.86. The van der Waals surface area contributed by atoms with E-state index >= 15 is 0 Å². The van der Waals surface area contributed by atoms with E-state index in [1.54, 1.807) is 31.3 Å². The van der Waals surface area contributed by atoms with Crippen LogP contribution >= 0.6 is 0 Å². The van der Waals surface area contributed by atoms with Crippen LogP contribution < -0.4 is 4.90 Å². The van der Waals surface area contributed by atoms with Crippen molar-refractivity contribution in [2.75, 3.05) is 25.0 Å². The quantitative estimate of drug-likeness (QED) is 0.723. The lowest BCUT2D eigenvalue weighted by Crippen LogP contribution is -2.45. The fourth-order valence-corrected chi connectivity index (χ4v) is 5.14. The molecule has 4 rings (SSSR count). The fraction of sp³-hybridized carbons (Fsp3) is 0.300. The standard InChI is InChI=1S/C20H23N3O3S/c1-22(27(25,26)19-7-2-15-8-11-21-20(15)14-19)16-9-12-23(13-10-16)17-3-5-18(24)6-4-17/h2-8,11,14,16,21,24H,9-10,12-13H2,1H3. The van der Waals surface area contributed by atoms with Gasteiger partial charge in [-0.15, -0.1) is 0 Å². The van der Waals surface area contributed by atoms with Crippen molar-refractivity contribution in [1.82, 2.24) is 9.29 Å². The second-order valence-electron chi connectivity index (χ2n) is 6.98. The summed E-state index contributed by atoms with van der Waals surface area (Å²) in [5, 5.41) is 10.4. The third-order valence-electron chi connectivity index (χ3n) is 5.40. The molecule has 0 amide bonds. The van der Waals surface area contributed by atoms with Gasteiger partial charge in [-0.1, -0.05) is 6.07 Å². The minimum atomic E-state index is -3.53. The Balaban J connectivity index is 1.47. The average Bonchev–Trinajstić information content (AvgIpc) is 3.16. The highest BCUT2D eigenvalue weighted by Crippen LogP contribution is 2.27. The largest absolute Gasteiger partial charge is 0.508 e. The molecule has 1 saturated heterocycles. The van der Waals surface area contributed by atoms with Crippen LogP contribution in [0.3, 0.4) is 0 Å². The number of rotatable bonds is 4. The molecular formula is C20H23N3O3S. The third kappa shape index (κ3) is 3.40. The number of hydrogen-bond donors (Lipinski definition) is 2. The Bertz CT molecular complexity index is 1040. The van der Waals surface area contributed by atoms with Gasteiger partial charge in [0.25, 0.3) is 0 Å². The minimum absolute atomic E-state index is 0.0253. The first-order valence-corrected chi connectivity index (χ1v) is 10.5. The molecule has 27 heavy (non-hydrogen) atoms. The van der Waals surface area contributed by atoms with Crippen LogP contribution in [0.25, 0.3) is 10.9 Å². The topological polar surface area (TPSA) is 76.6 Å². The van der Waals surface area contributed by atoms with E-state index in [9.17, 15) is 13.5 Å². The number of fused-ring (bicyclic) bond motifs is 1. The van der Waals surface area contributed by atoms with Crippen LogP contribution in [0.5, 0.6) is 5.75 Å². The van der Waals surface area contributed by atoms with Gasteiger partial charge in [0.2, 0.25) is 10.0 Å². The van der Waals surface area contributed by atoms with Crippen molar-refractivity contribution in [3.8, 4) is 5.75 Å². The SMILES string of the molecule is CN(C1CCN(c2ccc(O)cc2)CC1)S(=O)(=O)c1ccc2cc[nH]c2c1. The molecule has 1 aliphatic rings. The number of hydrogen-bond acceptors (Lipinski definition) is 4. The molecule has 0 bridgehead atoms. The van der Waals surface area contributed by atoms with Crippen LogP contribution in [-0.4, -0.2) is 49.0 Å². The van der Waals surface area contributed by atoms with E-state index in [-0.39, 0.29) is 11.8 Å². The van der Waals surface area contributed by atoms with Gasteiger partial charge in [-0.2, -0.15) is 4.31 Å². The first-order valence-electron chi connectivity index (χ1n) is 9.04. The number of nitrogens with one attached hydrogen (secondary N) is 1. The van der Waals surface area contributed by atoms with Crippen molar-refractivity contribution in [1.29, 1.82) is 0 Å². The number of piperidine rings is 1. The second-order valence-corrected chi connectivity index (χ2v) is 8.98. The summed E-state index contributed by atoms with van der Waals surface area (Å²) in [4.78, 5) is 5.61. The Morgan fingerprint density at radius 3 is 2.48 bits per heavy atom. The molecule has 0 atom stereocenters. The lowest BCUT2D eigenvalue weighted by Gasteiger charge is -2.37. The molecule has 1 aromatic heterocycles. The highest BCUT2D eigenvalue weighted by molar-refractivity contribution is 7.89. The number of anilines is 1. The number of aromatic hydroxyl groups is 1. The maximum Gasteiger partial charge on any atom is 0.243 e. The van der Waals surface area contributed by atoms with Gasteiger partial charge in [-0.25, -0.2) is 8.42 Å². The number of benzene rings is 2. The predicted molar refractivity (Wildman–Crippen MR) is 107 cm³/mol. The van der Waals surface area contributed by atoms with Gasteiger partial charge in [-0.3, -0.25) is 0 Å². The zero-order valence-corrected chi connectivity index (χ0v) is 16.0. The Morgan fingerprint density at radius 2 is 1.78 bits per heavy atom. The Morgan fingerprint density at radius 1 is 1.07 bits per heavy atom. The molecule has 7 heteroatoms. The number of sulfonamides is 1. The zero-order valence-electron chi connectivity index (χ0n) is 15.2. The number of H-pyrrole nitrogens is 1. The Hall–Kier alpha value is -2.51. The summed E-state index contributed by atoms with van der Waals surface area (Å²) in [6.45, 7) is 1.57. The highest BCUT2D eigenvalue weighted by Gasteiger charge is 2.31. The van der Waals surface area contributed by atoms with Crippen molar-refractivity contribution >= 4 is 26.6 Å². The summed E-state index contributed by atoms with van der Waals surface area (Å²) in [5.41, 5.74) is 1.88. The van der Waals surface area contributed by atoms with Crippen molar-refractivity contribution in [2.24, 2.45) is 0 Å². The maximum atomic E-state index is 13.1. The average molecular weight is 385 g/mol. The van der Waals surface area contributed by atoms with Gasteiger partial charge in [0.15, 0.2) is 0 Å². The minimum Gasteiger partial charge on any atom is -0.508 e. The van der Waals surface area contributed by atoms with Gasteiger partial charge >= 0.3 is 0 Å². The summed E-state index contributed by atoms with van der Waals surface area (Å²) < 4.78 is 27.6. The first-order chi connectivity index (χ1) is 12.9. The maximum absolute atomic E-state index is 13.1. The van der Waals surface area contributed by atoms with Crippen molar-refractivity contribution in [3.63, 3.8) is 0 Å². The lowest BCUT2D eigenvalue weighted by atomic mass is 10.0. The smallest absolute Gasteiger partial charge is 0.243 e. The normalized spacial score (nSPS) is 16.3. The zero-order chi connectivity index (χ0) is 19.0. The summed E-state index contributed by atoms with van der Waals surface area (Å²) >= 11 is 0. The molecule has 3 aromatic rings.